The highest BCUT2D eigenvalue weighted by molar-refractivity contribution is 7.10. The molecule has 1 aromatic rings. The van der Waals surface area contributed by atoms with Crippen molar-refractivity contribution < 1.29 is 4.79 Å². The largest absolute Gasteiger partial charge is 0.333 e. The summed E-state index contributed by atoms with van der Waals surface area (Å²) in [5, 5.41) is 4.40. The number of thiophene rings is 1. The van der Waals surface area contributed by atoms with Crippen molar-refractivity contribution in [3.63, 3.8) is 0 Å². The Hall–Kier alpha value is -1.85. The van der Waals surface area contributed by atoms with Gasteiger partial charge in [-0.05, 0) is 51.0 Å². The molecule has 6 nitrogen and oxygen atoms in total. The number of carbonyl (C=O) groups is 1. The van der Waals surface area contributed by atoms with Crippen LogP contribution in [0.1, 0.15) is 17.7 Å². The second-order valence-electron chi connectivity index (χ2n) is 8.99. The number of hydrogen-bond donors (Lipinski definition) is 1. The molecular weight excluding hydrogens is 394 g/mol. The molecule has 0 spiro atoms. The lowest BCUT2D eigenvalue weighted by Gasteiger charge is -2.45. The minimum Gasteiger partial charge on any atom is -0.333 e. The van der Waals surface area contributed by atoms with E-state index < -0.39 is 0 Å². The SMILES string of the molecule is CN1CCN(CC#Cc2cc3c(s2)=CCN(C(=O)N[C@H]2CN4CCC2CC4)C=3)CC1. The number of nitrogens with one attached hydrogen (secondary N) is 1. The molecule has 2 bridgehead atoms. The number of nitrogens with zero attached hydrogens (tertiary/aromatic N) is 4. The van der Waals surface area contributed by atoms with E-state index in [4.69, 9.17) is 0 Å². The number of amides is 2. The second-order valence-corrected chi connectivity index (χ2v) is 10.1. The zero-order valence-electron chi connectivity index (χ0n) is 17.8. The molecule has 0 radical (unpaired) electrons. The van der Waals surface area contributed by atoms with Crippen molar-refractivity contribution in [3.8, 4) is 11.8 Å². The minimum absolute atomic E-state index is 0.0320. The van der Waals surface area contributed by atoms with Gasteiger partial charge in [-0.1, -0.05) is 11.8 Å². The number of carbonyl (C=O) groups excluding carboxylic acids is 1. The van der Waals surface area contributed by atoms with Gasteiger partial charge in [0.1, 0.15) is 0 Å². The first kappa shape index (κ1) is 20.1. The summed E-state index contributed by atoms with van der Waals surface area (Å²) in [6.45, 7) is 9.29. The van der Waals surface area contributed by atoms with E-state index in [1.807, 2.05) is 11.1 Å². The predicted octanol–water partition coefficient (Wildman–Crippen LogP) is -0.0151. The third-order valence-electron chi connectivity index (χ3n) is 6.90. The summed E-state index contributed by atoms with van der Waals surface area (Å²) in [6, 6.07) is 2.46. The number of fused-ring (bicyclic) bond motifs is 4. The quantitative estimate of drug-likeness (QED) is 0.677. The summed E-state index contributed by atoms with van der Waals surface area (Å²) in [5.74, 6) is 7.32. The van der Waals surface area contributed by atoms with Crippen LogP contribution in [0.4, 0.5) is 4.79 Å². The number of hydrogen-bond acceptors (Lipinski definition) is 5. The molecule has 1 atom stereocenters. The van der Waals surface area contributed by atoms with Gasteiger partial charge in [-0.25, -0.2) is 4.79 Å². The number of rotatable bonds is 2. The van der Waals surface area contributed by atoms with Gasteiger partial charge >= 0.3 is 6.03 Å². The fraction of sp³-hybridized carbons (Fsp3) is 0.609. The maximum Gasteiger partial charge on any atom is 0.321 e. The molecule has 7 heteroatoms. The molecule has 5 aliphatic heterocycles. The molecule has 30 heavy (non-hydrogen) atoms. The maximum atomic E-state index is 12.8. The molecule has 0 aliphatic carbocycles. The number of urea groups is 1. The summed E-state index contributed by atoms with van der Waals surface area (Å²) in [7, 11) is 2.17. The standard InChI is InChI=1S/C23H31N5OS/c1-25-11-13-26(14-12-25)7-2-3-20-15-19-16-28(10-6-22(19)30-20)23(29)24-21-17-27-8-4-18(21)5-9-27/h6,15-16,18,21H,4-5,7-14,17H2,1H3,(H,24,29)/t21-/m0/s1. The third-order valence-corrected chi connectivity index (χ3v) is 7.96. The van der Waals surface area contributed by atoms with E-state index in [-0.39, 0.29) is 6.03 Å². The lowest BCUT2D eigenvalue weighted by molar-refractivity contribution is 0.0750. The molecule has 0 saturated carbocycles. The average Bonchev–Trinajstić information content (AvgIpc) is 3.18. The molecule has 1 aromatic heterocycles. The topological polar surface area (TPSA) is 42.1 Å². The normalized spacial score (nSPS) is 28.7. The van der Waals surface area contributed by atoms with E-state index in [2.05, 4.69) is 51.0 Å². The van der Waals surface area contributed by atoms with Gasteiger partial charge in [0.05, 0.1) is 11.4 Å². The van der Waals surface area contributed by atoms with E-state index in [0.29, 0.717) is 18.5 Å². The molecule has 6 heterocycles. The number of likely N-dealkylation sites (N-methyl/N-ethyl adjacent to an activating group) is 1. The zero-order valence-corrected chi connectivity index (χ0v) is 18.6. The predicted molar refractivity (Wildman–Crippen MR) is 122 cm³/mol. The lowest BCUT2D eigenvalue weighted by atomic mass is 9.84. The van der Waals surface area contributed by atoms with Crippen molar-refractivity contribution in [2.24, 2.45) is 5.92 Å². The third kappa shape index (κ3) is 4.42. The molecule has 5 aliphatic rings. The Balaban J connectivity index is 1.20. The van der Waals surface area contributed by atoms with Crippen LogP contribution in [0.3, 0.4) is 0 Å². The highest BCUT2D eigenvalue weighted by Crippen LogP contribution is 2.27. The molecule has 160 valence electrons. The smallest absolute Gasteiger partial charge is 0.321 e. The van der Waals surface area contributed by atoms with Crippen molar-refractivity contribution >= 4 is 29.6 Å². The molecule has 6 rings (SSSR count). The Labute approximate surface area is 182 Å². The Kier molecular flexibility index (Phi) is 5.83. The van der Waals surface area contributed by atoms with Crippen molar-refractivity contribution in [1.29, 1.82) is 0 Å². The van der Waals surface area contributed by atoms with Gasteiger partial charge in [-0.2, -0.15) is 0 Å². The van der Waals surface area contributed by atoms with Crippen molar-refractivity contribution in [2.45, 2.75) is 18.9 Å². The van der Waals surface area contributed by atoms with Gasteiger partial charge in [-0.15, -0.1) is 11.3 Å². The van der Waals surface area contributed by atoms with Gasteiger partial charge in [0.25, 0.3) is 0 Å². The number of piperidine rings is 3. The first-order chi connectivity index (χ1) is 14.6. The van der Waals surface area contributed by atoms with Gasteiger partial charge in [0.2, 0.25) is 0 Å². The van der Waals surface area contributed by atoms with E-state index in [0.717, 1.165) is 49.4 Å². The first-order valence-electron chi connectivity index (χ1n) is 11.2. The van der Waals surface area contributed by atoms with Gasteiger partial charge in [-0.3, -0.25) is 9.80 Å². The second kappa shape index (κ2) is 8.72. The molecular formula is C23H31N5OS. The van der Waals surface area contributed by atoms with Crippen LogP contribution in [-0.2, 0) is 0 Å². The van der Waals surface area contributed by atoms with Crippen LogP contribution in [0.5, 0.6) is 0 Å². The van der Waals surface area contributed by atoms with Crippen LogP contribution in [0.15, 0.2) is 6.07 Å². The molecule has 0 aromatic carbocycles. The van der Waals surface area contributed by atoms with Crippen LogP contribution >= 0.6 is 11.3 Å². The van der Waals surface area contributed by atoms with E-state index >= 15 is 0 Å². The fourth-order valence-electron chi connectivity index (χ4n) is 4.90. The van der Waals surface area contributed by atoms with Crippen molar-refractivity contribution in [2.75, 3.05) is 66.0 Å². The Morgan fingerprint density at radius 3 is 2.73 bits per heavy atom. The number of piperazine rings is 1. The summed E-state index contributed by atoms with van der Waals surface area (Å²) >= 11 is 1.73. The average molecular weight is 426 g/mol. The van der Waals surface area contributed by atoms with E-state index in [9.17, 15) is 4.79 Å². The highest BCUT2D eigenvalue weighted by Gasteiger charge is 2.35. The van der Waals surface area contributed by atoms with E-state index in [1.165, 1.54) is 30.5 Å². The fourth-order valence-corrected chi connectivity index (χ4v) is 5.83. The Bertz CT molecular complexity index is 960. The van der Waals surface area contributed by atoms with Gasteiger partial charge < -0.3 is 15.1 Å². The van der Waals surface area contributed by atoms with Gasteiger partial charge in [0.15, 0.2) is 0 Å². The minimum atomic E-state index is 0.0320. The summed E-state index contributed by atoms with van der Waals surface area (Å²) in [4.78, 5) is 23.0. The first-order valence-corrected chi connectivity index (χ1v) is 12.0. The molecule has 2 amide bonds. The van der Waals surface area contributed by atoms with Crippen LogP contribution in [0, 0.1) is 17.8 Å². The van der Waals surface area contributed by atoms with E-state index in [1.54, 1.807) is 11.3 Å². The molecule has 1 N–H and O–H groups in total. The maximum absolute atomic E-state index is 12.8. The van der Waals surface area contributed by atoms with Crippen LogP contribution in [0.25, 0.3) is 12.3 Å². The highest BCUT2D eigenvalue weighted by atomic mass is 32.1. The summed E-state index contributed by atoms with van der Waals surface area (Å²) < 4.78 is 1.23. The lowest BCUT2D eigenvalue weighted by Crippen LogP contribution is -2.59. The zero-order chi connectivity index (χ0) is 20.5. The molecule has 0 unspecified atom stereocenters. The van der Waals surface area contributed by atoms with Crippen LogP contribution in [0.2, 0.25) is 0 Å². The summed E-state index contributed by atoms with van der Waals surface area (Å²) in [6.07, 6.45) is 6.58. The van der Waals surface area contributed by atoms with Crippen LogP contribution < -0.4 is 15.1 Å². The summed E-state index contributed by atoms with van der Waals surface area (Å²) in [5.41, 5.74) is 0. The molecule has 4 fully saturated rings. The molecule has 4 saturated heterocycles. The van der Waals surface area contributed by atoms with Crippen LogP contribution in [-0.4, -0.2) is 97.6 Å². The Morgan fingerprint density at radius 2 is 2.00 bits per heavy atom. The Morgan fingerprint density at radius 1 is 1.20 bits per heavy atom. The van der Waals surface area contributed by atoms with Crippen molar-refractivity contribution in [1.82, 2.24) is 24.9 Å². The van der Waals surface area contributed by atoms with Gasteiger partial charge in [0, 0.05) is 61.3 Å². The van der Waals surface area contributed by atoms with Crippen molar-refractivity contribution in [3.05, 3.63) is 20.7 Å². The monoisotopic (exact) mass is 425 g/mol.